The van der Waals surface area contributed by atoms with Crippen molar-refractivity contribution in [2.75, 3.05) is 6.54 Å². The largest absolute Gasteiger partial charge is 0.481 e. The van der Waals surface area contributed by atoms with Crippen molar-refractivity contribution in [1.82, 2.24) is 19.7 Å². The molecule has 0 aliphatic heterocycles. The number of hydrogen-bond donors (Lipinski definition) is 2. The molecule has 0 spiro atoms. The summed E-state index contributed by atoms with van der Waals surface area (Å²) in [6.07, 6.45) is 6.61. The van der Waals surface area contributed by atoms with Crippen molar-refractivity contribution in [3.63, 3.8) is 0 Å². The second kappa shape index (κ2) is 9.52. The van der Waals surface area contributed by atoms with E-state index in [-0.39, 0.29) is 11.8 Å². The van der Waals surface area contributed by atoms with E-state index >= 15 is 0 Å². The summed E-state index contributed by atoms with van der Waals surface area (Å²) in [5, 5.41) is 12.5. The summed E-state index contributed by atoms with van der Waals surface area (Å²) in [6, 6.07) is 9.19. The molecular formula is C23H28N4O3. The number of nitrogens with zero attached hydrogens (tertiary/aromatic N) is 3. The van der Waals surface area contributed by atoms with Crippen LogP contribution >= 0.6 is 0 Å². The number of fused-ring (bicyclic) bond motifs is 1. The van der Waals surface area contributed by atoms with Crippen molar-refractivity contribution >= 4 is 17.5 Å². The minimum atomic E-state index is -0.917. The molecule has 2 N–H and O–H groups in total. The number of aliphatic carboxylic acids is 1. The van der Waals surface area contributed by atoms with Crippen LogP contribution in [0.25, 0.3) is 5.65 Å². The fourth-order valence-corrected chi connectivity index (χ4v) is 3.72. The van der Waals surface area contributed by atoms with Gasteiger partial charge in [-0.1, -0.05) is 32.9 Å². The number of imidazole rings is 1. The number of aromatic nitrogens is 3. The summed E-state index contributed by atoms with van der Waals surface area (Å²) in [7, 11) is 0. The summed E-state index contributed by atoms with van der Waals surface area (Å²) in [5.74, 6) is -1.18. The van der Waals surface area contributed by atoms with Gasteiger partial charge in [-0.15, -0.1) is 0 Å². The highest BCUT2D eigenvalue weighted by atomic mass is 16.4. The molecule has 0 aliphatic carbocycles. The predicted molar refractivity (Wildman–Crippen MR) is 115 cm³/mol. The molecule has 0 bridgehead atoms. The molecule has 0 saturated heterocycles. The number of carboxylic acids is 1. The minimum Gasteiger partial charge on any atom is -0.481 e. The molecule has 30 heavy (non-hydrogen) atoms. The van der Waals surface area contributed by atoms with E-state index in [1.54, 1.807) is 35.0 Å². The van der Waals surface area contributed by atoms with E-state index in [4.69, 9.17) is 0 Å². The maximum atomic E-state index is 13.0. The van der Waals surface area contributed by atoms with Crippen molar-refractivity contribution in [2.24, 2.45) is 5.92 Å². The van der Waals surface area contributed by atoms with Gasteiger partial charge in [0.25, 0.3) is 5.91 Å². The fourth-order valence-electron chi connectivity index (χ4n) is 3.72. The first-order chi connectivity index (χ1) is 14.4. The molecule has 3 rings (SSSR count). The fraction of sp³-hybridized carbons (Fsp3) is 0.391. The molecule has 158 valence electrons. The lowest BCUT2D eigenvalue weighted by molar-refractivity contribution is -0.138. The molecule has 0 fully saturated rings. The van der Waals surface area contributed by atoms with Gasteiger partial charge < -0.3 is 10.4 Å². The van der Waals surface area contributed by atoms with E-state index in [1.807, 2.05) is 25.3 Å². The zero-order chi connectivity index (χ0) is 21.7. The number of carboxylic acid groups (broad SMARTS) is 1. The van der Waals surface area contributed by atoms with Crippen molar-refractivity contribution in [3.8, 4) is 0 Å². The summed E-state index contributed by atoms with van der Waals surface area (Å²) in [6.45, 7) is 6.62. The molecule has 0 radical (unpaired) electrons. The number of hydrogen-bond acceptors (Lipinski definition) is 4. The second-order valence-corrected chi connectivity index (χ2v) is 7.93. The van der Waals surface area contributed by atoms with Crippen LogP contribution < -0.4 is 5.32 Å². The summed E-state index contributed by atoms with van der Waals surface area (Å²) < 4.78 is 1.66. The summed E-state index contributed by atoms with van der Waals surface area (Å²) in [5.41, 5.74) is 2.55. The van der Waals surface area contributed by atoms with Crippen LogP contribution in [0.1, 0.15) is 67.2 Å². The normalized spacial score (nSPS) is 13.3. The van der Waals surface area contributed by atoms with Crippen LogP contribution in [0.15, 0.2) is 48.9 Å². The van der Waals surface area contributed by atoms with Gasteiger partial charge in [0.05, 0.1) is 5.69 Å². The van der Waals surface area contributed by atoms with E-state index in [0.717, 1.165) is 12.0 Å². The Morgan fingerprint density at radius 1 is 1.20 bits per heavy atom. The smallest absolute Gasteiger partial charge is 0.312 e. The summed E-state index contributed by atoms with van der Waals surface area (Å²) in [4.78, 5) is 33.1. The molecule has 3 aromatic rings. The summed E-state index contributed by atoms with van der Waals surface area (Å²) >= 11 is 0. The third-order valence-electron chi connectivity index (χ3n) is 5.23. The van der Waals surface area contributed by atoms with Gasteiger partial charge in [-0.2, -0.15) is 0 Å². The van der Waals surface area contributed by atoms with Crippen LogP contribution in [0.3, 0.4) is 0 Å². The van der Waals surface area contributed by atoms with Gasteiger partial charge in [-0.05, 0) is 42.5 Å². The van der Waals surface area contributed by atoms with Crippen LogP contribution in [0.5, 0.6) is 0 Å². The van der Waals surface area contributed by atoms with Crippen LogP contribution in [-0.4, -0.2) is 37.9 Å². The van der Waals surface area contributed by atoms with E-state index in [1.165, 1.54) is 0 Å². The Bertz CT molecular complexity index is 1010. The van der Waals surface area contributed by atoms with Crippen molar-refractivity contribution in [2.45, 2.75) is 45.4 Å². The standard InChI is InChI=1S/C23H28N4O3/c1-4-18(23(29)30)19-14-27-20(8-5-9-21(27)26-19)22(28)25-13-17(11-15(2)3)16-7-6-10-24-12-16/h5-10,12,14-15,17-18H,4,11,13H2,1-3H3,(H,25,28)(H,29,30). The molecule has 3 aromatic heterocycles. The number of carbonyl (C=O) groups is 2. The van der Waals surface area contributed by atoms with Gasteiger partial charge >= 0.3 is 5.97 Å². The van der Waals surface area contributed by atoms with Crippen molar-refractivity contribution in [1.29, 1.82) is 0 Å². The zero-order valence-corrected chi connectivity index (χ0v) is 17.6. The predicted octanol–water partition coefficient (Wildman–Crippen LogP) is 3.87. The molecule has 7 nitrogen and oxygen atoms in total. The third kappa shape index (κ3) is 4.84. The lowest BCUT2D eigenvalue weighted by Crippen LogP contribution is -2.30. The number of pyridine rings is 2. The molecule has 2 atom stereocenters. The SMILES string of the molecule is CCC(C(=O)O)c1cn2c(C(=O)NCC(CC(C)C)c3cccnc3)cccc2n1. The Morgan fingerprint density at radius 2 is 2.00 bits per heavy atom. The molecule has 3 heterocycles. The number of nitrogens with one attached hydrogen (secondary N) is 1. The Balaban J connectivity index is 1.82. The van der Waals surface area contributed by atoms with Gasteiger partial charge in [0.15, 0.2) is 0 Å². The second-order valence-electron chi connectivity index (χ2n) is 7.93. The van der Waals surface area contributed by atoms with E-state index in [2.05, 4.69) is 29.1 Å². The van der Waals surface area contributed by atoms with Crippen molar-refractivity contribution in [3.05, 3.63) is 65.9 Å². The number of carbonyl (C=O) groups excluding carboxylic acids is 1. The van der Waals surface area contributed by atoms with Gasteiger partial charge in [0, 0.05) is 31.1 Å². The lowest BCUT2D eigenvalue weighted by atomic mass is 9.91. The van der Waals surface area contributed by atoms with Crippen molar-refractivity contribution < 1.29 is 14.7 Å². The van der Waals surface area contributed by atoms with E-state index < -0.39 is 11.9 Å². The number of rotatable bonds is 9. The average Bonchev–Trinajstić information content (AvgIpc) is 3.15. The molecule has 1 amide bonds. The van der Waals surface area contributed by atoms with E-state index in [0.29, 0.717) is 35.9 Å². The molecule has 7 heteroatoms. The van der Waals surface area contributed by atoms with Crippen LogP contribution in [0, 0.1) is 5.92 Å². The molecular weight excluding hydrogens is 380 g/mol. The highest BCUT2D eigenvalue weighted by Crippen LogP contribution is 2.23. The highest BCUT2D eigenvalue weighted by Gasteiger charge is 2.22. The molecule has 0 aliphatic rings. The van der Waals surface area contributed by atoms with Gasteiger partial charge in [0.1, 0.15) is 17.3 Å². The monoisotopic (exact) mass is 408 g/mol. The molecule has 0 saturated carbocycles. The Labute approximate surface area is 176 Å². The Kier molecular flexibility index (Phi) is 6.82. The highest BCUT2D eigenvalue weighted by molar-refractivity contribution is 5.93. The Morgan fingerprint density at radius 3 is 2.63 bits per heavy atom. The first-order valence-corrected chi connectivity index (χ1v) is 10.3. The van der Waals surface area contributed by atoms with E-state index in [9.17, 15) is 14.7 Å². The minimum absolute atomic E-state index is 0.164. The Hall–Kier alpha value is -3.22. The quantitative estimate of drug-likeness (QED) is 0.560. The van der Waals surface area contributed by atoms with Crippen LogP contribution in [0.2, 0.25) is 0 Å². The van der Waals surface area contributed by atoms with Gasteiger partial charge in [-0.25, -0.2) is 4.98 Å². The van der Waals surface area contributed by atoms with Gasteiger partial charge in [0.2, 0.25) is 0 Å². The first-order valence-electron chi connectivity index (χ1n) is 10.3. The topological polar surface area (TPSA) is 96.6 Å². The third-order valence-corrected chi connectivity index (χ3v) is 5.23. The lowest BCUT2D eigenvalue weighted by Gasteiger charge is -2.20. The first kappa shape index (κ1) is 21.5. The maximum absolute atomic E-state index is 13.0. The number of amides is 1. The zero-order valence-electron chi connectivity index (χ0n) is 17.6. The van der Waals surface area contributed by atoms with Crippen LogP contribution in [0.4, 0.5) is 0 Å². The molecule has 2 unspecified atom stereocenters. The van der Waals surface area contributed by atoms with Gasteiger partial charge in [-0.3, -0.25) is 19.0 Å². The van der Waals surface area contributed by atoms with Crippen LogP contribution in [-0.2, 0) is 4.79 Å². The maximum Gasteiger partial charge on any atom is 0.312 e. The molecule has 0 aromatic carbocycles. The average molecular weight is 409 g/mol.